The smallest absolute Gasteiger partial charge is 0.234 e. The van der Waals surface area contributed by atoms with Gasteiger partial charge in [-0.2, -0.15) is 0 Å². The number of hydrogen-bond donors (Lipinski definition) is 2. The minimum Gasteiger partial charge on any atom is -0.383 e. The Bertz CT molecular complexity index is 395. The number of ether oxygens (including phenoxy) is 1. The normalized spacial score (nSPS) is 13.9. The largest absolute Gasteiger partial charge is 0.383 e. The van der Waals surface area contributed by atoms with Crippen molar-refractivity contribution in [3.05, 3.63) is 34.9 Å². The molecule has 4 nitrogen and oxygen atoms in total. The zero-order chi connectivity index (χ0) is 14.3. The summed E-state index contributed by atoms with van der Waals surface area (Å²) in [7, 11) is 1.61. The van der Waals surface area contributed by atoms with Gasteiger partial charge in [0.05, 0.1) is 13.2 Å². The number of hydrogen-bond acceptors (Lipinski definition) is 3. The molecule has 0 saturated heterocycles. The molecule has 2 atom stereocenters. The summed E-state index contributed by atoms with van der Waals surface area (Å²) in [6.07, 6.45) is 0. The highest BCUT2D eigenvalue weighted by atomic mass is 35.5. The number of benzene rings is 1. The van der Waals surface area contributed by atoms with E-state index in [1.807, 2.05) is 38.1 Å². The van der Waals surface area contributed by atoms with Crippen LogP contribution in [0.4, 0.5) is 0 Å². The zero-order valence-corrected chi connectivity index (χ0v) is 12.3. The van der Waals surface area contributed by atoms with Gasteiger partial charge >= 0.3 is 0 Å². The number of methoxy groups -OCH3 is 1. The first kappa shape index (κ1) is 16.0. The summed E-state index contributed by atoms with van der Waals surface area (Å²) in [6, 6.07) is 7.70. The highest BCUT2D eigenvalue weighted by Gasteiger charge is 2.09. The lowest BCUT2D eigenvalue weighted by Gasteiger charge is -2.16. The van der Waals surface area contributed by atoms with Crippen LogP contribution in [0.15, 0.2) is 24.3 Å². The average Bonchev–Trinajstić information content (AvgIpc) is 2.37. The lowest BCUT2D eigenvalue weighted by atomic mass is 10.1. The molecule has 106 valence electrons. The quantitative estimate of drug-likeness (QED) is 0.807. The fourth-order valence-electron chi connectivity index (χ4n) is 1.73. The molecule has 1 amide bonds. The Balaban J connectivity index is 2.35. The fourth-order valence-corrected chi connectivity index (χ4v) is 1.86. The molecule has 0 bridgehead atoms. The molecule has 1 rings (SSSR count). The Kier molecular flexibility index (Phi) is 6.84. The maximum absolute atomic E-state index is 11.7. The van der Waals surface area contributed by atoms with Crippen molar-refractivity contribution in [3.8, 4) is 0 Å². The number of rotatable bonds is 7. The molecular formula is C14H21ClN2O2. The molecule has 0 heterocycles. The lowest BCUT2D eigenvalue weighted by molar-refractivity contribution is -0.121. The Hall–Kier alpha value is -1.10. The molecule has 1 aromatic rings. The summed E-state index contributed by atoms with van der Waals surface area (Å²) >= 11 is 5.83. The van der Waals surface area contributed by atoms with Crippen molar-refractivity contribution in [2.24, 2.45) is 0 Å². The minimum atomic E-state index is -0.0367. The monoisotopic (exact) mass is 284 g/mol. The van der Waals surface area contributed by atoms with Crippen molar-refractivity contribution in [3.63, 3.8) is 0 Å². The molecule has 0 aliphatic rings. The summed E-state index contributed by atoms with van der Waals surface area (Å²) in [5, 5.41) is 6.73. The molecule has 0 spiro atoms. The predicted octanol–water partition coefficient (Wildman–Crippen LogP) is 2.14. The van der Waals surface area contributed by atoms with Crippen LogP contribution in [-0.4, -0.2) is 32.2 Å². The van der Waals surface area contributed by atoms with E-state index in [4.69, 9.17) is 16.3 Å². The van der Waals surface area contributed by atoms with E-state index in [0.717, 1.165) is 5.56 Å². The van der Waals surface area contributed by atoms with Crippen molar-refractivity contribution in [1.29, 1.82) is 0 Å². The molecule has 5 heteroatoms. The Labute approximate surface area is 119 Å². The van der Waals surface area contributed by atoms with Gasteiger partial charge < -0.3 is 15.4 Å². The van der Waals surface area contributed by atoms with Crippen LogP contribution < -0.4 is 10.6 Å². The second-order valence-electron chi connectivity index (χ2n) is 4.58. The van der Waals surface area contributed by atoms with Crippen molar-refractivity contribution in [2.45, 2.75) is 25.9 Å². The molecule has 2 unspecified atom stereocenters. The van der Waals surface area contributed by atoms with Gasteiger partial charge in [0.2, 0.25) is 5.91 Å². The van der Waals surface area contributed by atoms with E-state index in [1.54, 1.807) is 7.11 Å². The highest BCUT2D eigenvalue weighted by Crippen LogP contribution is 2.15. The van der Waals surface area contributed by atoms with Gasteiger partial charge in [-0.1, -0.05) is 23.7 Å². The van der Waals surface area contributed by atoms with Gasteiger partial charge in [0.15, 0.2) is 0 Å². The Morgan fingerprint density at radius 1 is 1.32 bits per heavy atom. The standard InChI is InChI=1S/C14H21ClN2O2/c1-10(9-19-3)17-14(18)8-16-11(2)12-4-6-13(15)7-5-12/h4-7,10-11,16H,8-9H2,1-3H3,(H,17,18). The molecule has 1 aromatic carbocycles. The molecule has 0 aromatic heterocycles. The third kappa shape index (κ3) is 6.05. The SMILES string of the molecule is COCC(C)NC(=O)CNC(C)c1ccc(Cl)cc1. The van der Waals surface area contributed by atoms with E-state index in [2.05, 4.69) is 10.6 Å². The number of carbonyl (C=O) groups is 1. The average molecular weight is 285 g/mol. The number of nitrogens with one attached hydrogen (secondary N) is 2. The van der Waals surface area contributed by atoms with Gasteiger partial charge in [-0.25, -0.2) is 0 Å². The number of amides is 1. The van der Waals surface area contributed by atoms with Crippen LogP contribution in [0.1, 0.15) is 25.5 Å². The number of carbonyl (C=O) groups excluding carboxylic acids is 1. The molecule has 0 radical (unpaired) electrons. The second kappa shape index (κ2) is 8.15. The third-order valence-electron chi connectivity index (χ3n) is 2.76. The van der Waals surface area contributed by atoms with Gasteiger partial charge in [0.25, 0.3) is 0 Å². The summed E-state index contributed by atoms with van der Waals surface area (Å²) in [4.78, 5) is 11.7. The van der Waals surface area contributed by atoms with Crippen LogP contribution >= 0.6 is 11.6 Å². The van der Waals surface area contributed by atoms with Gasteiger partial charge in [-0.05, 0) is 31.5 Å². The summed E-state index contributed by atoms with van der Waals surface area (Å²) < 4.78 is 4.96. The van der Waals surface area contributed by atoms with Crippen LogP contribution in [0.5, 0.6) is 0 Å². The molecule has 0 fully saturated rings. The van der Waals surface area contributed by atoms with Crippen LogP contribution in [0.3, 0.4) is 0 Å². The van der Waals surface area contributed by atoms with Gasteiger partial charge in [0.1, 0.15) is 0 Å². The summed E-state index contributed by atoms with van der Waals surface area (Å²) in [5.41, 5.74) is 1.10. The summed E-state index contributed by atoms with van der Waals surface area (Å²) in [6.45, 7) is 4.70. The summed E-state index contributed by atoms with van der Waals surface area (Å²) in [5.74, 6) is -0.0367. The van der Waals surface area contributed by atoms with Crippen LogP contribution in [0.25, 0.3) is 0 Å². The first-order valence-electron chi connectivity index (χ1n) is 6.30. The van der Waals surface area contributed by atoms with E-state index in [1.165, 1.54) is 0 Å². The van der Waals surface area contributed by atoms with Crippen molar-refractivity contribution < 1.29 is 9.53 Å². The third-order valence-corrected chi connectivity index (χ3v) is 3.01. The Morgan fingerprint density at radius 2 is 1.95 bits per heavy atom. The molecule has 0 saturated carbocycles. The fraction of sp³-hybridized carbons (Fsp3) is 0.500. The van der Waals surface area contributed by atoms with E-state index in [9.17, 15) is 4.79 Å². The van der Waals surface area contributed by atoms with Gasteiger partial charge in [-0.15, -0.1) is 0 Å². The first-order chi connectivity index (χ1) is 9.02. The van der Waals surface area contributed by atoms with Crippen LogP contribution in [0.2, 0.25) is 5.02 Å². The van der Waals surface area contributed by atoms with E-state index < -0.39 is 0 Å². The van der Waals surface area contributed by atoms with Crippen molar-refractivity contribution >= 4 is 17.5 Å². The van der Waals surface area contributed by atoms with E-state index in [0.29, 0.717) is 11.6 Å². The maximum atomic E-state index is 11.7. The van der Waals surface area contributed by atoms with Crippen LogP contribution in [-0.2, 0) is 9.53 Å². The minimum absolute atomic E-state index is 0.0186. The molecule has 19 heavy (non-hydrogen) atoms. The second-order valence-corrected chi connectivity index (χ2v) is 5.01. The topological polar surface area (TPSA) is 50.4 Å². The molecular weight excluding hydrogens is 264 g/mol. The van der Waals surface area contributed by atoms with E-state index in [-0.39, 0.29) is 24.5 Å². The first-order valence-corrected chi connectivity index (χ1v) is 6.68. The molecule has 0 aliphatic carbocycles. The molecule has 0 aliphatic heterocycles. The lowest BCUT2D eigenvalue weighted by Crippen LogP contribution is -2.41. The Morgan fingerprint density at radius 3 is 2.53 bits per heavy atom. The van der Waals surface area contributed by atoms with Crippen molar-refractivity contribution in [1.82, 2.24) is 10.6 Å². The van der Waals surface area contributed by atoms with Crippen molar-refractivity contribution in [2.75, 3.05) is 20.3 Å². The van der Waals surface area contributed by atoms with Gasteiger partial charge in [-0.3, -0.25) is 4.79 Å². The maximum Gasteiger partial charge on any atom is 0.234 e. The van der Waals surface area contributed by atoms with E-state index >= 15 is 0 Å². The highest BCUT2D eigenvalue weighted by molar-refractivity contribution is 6.30. The van der Waals surface area contributed by atoms with Crippen LogP contribution in [0, 0.1) is 0 Å². The van der Waals surface area contributed by atoms with Gasteiger partial charge in [0, 0.05) is 24.2 Å². The molecule has 2 N–H and O–H groups in total. The zero-order valence-electron chi connectivity index (χ0n) is 11.6. The predicted molar refractivity (Wildman–Crippen MR) is 77.4 cm³/mol. The number of halogens is 1.